The number of nitrogen functional groups attached to an aromatic ring is 1. The van der Waals surface area contributed by atoms with Crippen molar-refractivity contribution in [3.8, 4) is 11.5 Å². The SMILES string of the molecule is COc1cc(C=NNc2n[nH]c(=S)n2N)ccc1OCCO. The third-order valence-corrected chi connectivity index (χ3v) is 2.91. The Labute approximate surface area is 131 Å². The Bertz CT molecular complexity index is 711. The van der Waals surface area contributed by atoms with Crippen molar-refractivity contribution in [2.75, 3.05) is 31.6 Å². The van der Waals surface area contributed by atoms with Gasteiger partial charge in [-0.25, -0.2) is 10.5 Å². The second-order valence-electron chi connectivity index (χ2n) is 4.07. The van der Waals surface area contributed by atoms with Crippen LogP contribution in [0.5, 0.6) is 11.5 Å². The van der Waals surface area contributed by atoms with Crippen LogP contribution >= 0.6 is 12.2 Å². The summed E-state index contributed by atoms with van der Waals surface area (Å²) < 4.78 is 12.0. The fourth-order valence-electron chi connectivity index (χ4n) is 1.59. The standard InChI is InChI=1S/C12H16N6O3S/c1-20-10-6-8(2-3-9(10)21-5-4-19)7-14-15-11-16-17-12(22)18(11)13/h2-3,6-7,19H,4-5,13H2,1H3,(H,15,16)(H,17,22). The molecule has 0 aliphatic carbocycles. The Morgan fingerprint density at radius 1 is 1.55 bits per heavy atom. The molecule has 0 saturated heterocycles. The Morgan fingerprint density at radius 2 is 2.36 bits per heavy atom. The van der Waals surface area contributed by atoms with Crippen LogP contribution in [-0.2, 0) is 0 Å². The highest BCUT2D eigenvalue weighted by molar-refractivity contribution is 7.71. The van der Waals surface area contributed by atoms with Crippen LogP contribution in [0.3, 0.4) is 0 Å². The van der Waals surface area contributed by atoms with Gasteiger partial charge in [0.15, 0.2) is 11.5 Å². The molecule has 9 nitrogen and oxygen atoms in total. The van der Waals surface area contributed by atoms with E-state index < -0.39 is 0 Å². The molecular weight excluding hydrogens is 308 g/mol. The van der Waals surface area contributed by atoms with E-state index in [1.807, 2.05) is 0 Å². The number of nitrogens with zero attached hydrogens (tertiary/aromatic N) is 3. The number of aliphatic hydroxyl groups excluding tert-OH is 1. The number of aliphatic hydroxyl groups is 1. The Kier molecular flexibility index (Phi) is 5.33. The van der Waals surface area contributed by atoms with E-state index in [-0.39, 0.29) is 23.9 Å². The molecule has 1 aromatic carbocycles. The molecule has 0 fully saturated rings. The fourth-order valence-corrected chi connectivity index (χ4v) is 1.72. The molecule has 0 atom stereocenters. The molecule has 0 amide bonds. The van der Waals surface area contributed by atoms with Gasteiger partial charge in [0.25, 0.3) is 5.95 Å². The van der Waals surface area contributed by atoms with Crippen molar-refractivity contribution >= 4 is 24.4 Å². The lowest BCUT2D eigenvalue weighted by Gasteiger charge is -2.10. The zero-order valence-corrected chi connectivity index (χ0v) is 12.6. The normalized spacial score (nSPS) is 10.8. The van der Waals surface area contributed by atoms with Gasteiger partial charge >= 0.3 is 0 Å². The number of hydrogen-bond acceptors (Lipinski definition) is 8. The summed E-state index contributed by atoms with van der Waals surface area (Å²) in [7, 11) is 1.53. The highest BCUT2D eigenvalue weighted by Gasteiger charge is 2.05. The summed E-state index contributed by atoms with van der Waals surface area (Å²) in [5, 5.41) is 19.2. The number of ether oxygens (including phenoxy) is 2. The molecule has 10 heteroatoms. The molecule has 0 spiro atoms. The van der Waals surface area contributed by atoms with E-state index in [4.69, 9.17) is 32.6 Å². The maximum atomic E-state index is 8.77. The van der Waals surface area contributed by atoms with E-state index >= 15 is 0 Å². The van der Waals surface area contributed by atoms with Crippen LogP contribution in [0.1, 0.15) is 5.56 Å². The van der Waals surface area contributed by atoms with Crippen molar-refractivity contribution in [3.05, 3.63) is 28.5 Å². The molecule has 1 heterocycles. The largest absolute Gasteiger partial charge is 0.493 e. The second kappa shape index (κ2) is 7.43. The zero-order chi connectivity index (χ0) is 15.9. The predicted octanol–water partition coefficient (Wildman–Crippen LogP) is 0.480. The zero-order valence-electron chi connectivity index (χ0n) is 11.8. The number of H-pyrrole nitrogens is 1. The summed E-state index contributed by atoms with van der Waals surface area (Å²) in [5.74, 6) is 6.99. The number of hydrogen-bond donors (Lipinski definition) is 4. The van der Waals surface area contributed by atoms with Crippen molar-refractivity contribution < 1.29 is 14.6 Å². The number of benzene rings is 1. The van der Waals surface area contributed by atoms with Gasteiger partial charge in [0.1, 0.15) is 6.61 Å². The summed E-state index contributed by atoms with van der Waals surface area (Å²) in [6.45, 7) is 0.133. The number of methoxy groups -OCH3 is 1. The smallest absolute Gasteiger partial charge is 0.262 e. The first kappa shape index (κ1) is 15.8. The summed E-state index contributed by atoms with van der Waals surface area (Å²) in [6, 6.07) is 5.27. The molecule has 5 N–H and O–H groups in total. The van der Waals surface area contributed by atoms with Crippen LogP contribution in [0.15, 0.2) is 23.3 Å². The van der Waals surface area contributed by atoms with Crippen molar-refractivity contribution in [2.24, 2.45) is 5.10 Å². The molecule has 2 rings (SSSR count). The van der Waals surface area contributed by atoms with Gasteiger partial charge in [-0.2, -0.15) is 9.78 Å². The van der Waals surface area contributed by atoms with E-state index in [1.54, 1.807) is 24.4 Å². The third kappa shape index (κ3) is 3.74. The van der Waals surface area contributed by atoms with Crippen molar-refractivity contribution in [1.82, 2.24) is 14.9 Å². The van der Waals surface area contributed by atoms with Crippen molar-refractivity contribution in [3.63, 3.8) is 0 Å². The van der Waals surface area contributed by atoms with Crippen LogP contribution in [0, 0.1) is 4.77 Å². The second-order valence-corrected chi connectivity index (χ2v) is 4.46. The lowest BCUT2D eigenvalue weighted by Crippen LogP contribution is -2.11. The summed E-state index contributed by atoms with van der Waals surface area (Å²) in [5.41, 5.74) is 3.44. The quantitative estimate of drug-likeness (QED) is 0.253. The van der Waals surface area contributed by atoms with Gasteiger partial charge in [-0.3, -0.25) is 0 Å². The van der Waals surface area contributed by atoms with Crippen LogP contribution in [0.2, 0.25) is 0 Å². The molecular formula is C12H16N6O3S. The first-order valence-electron chi connectivity index (χ1n) is 6.29. The van der Waals surface area contributed by atoms with E-state index in [1.165, 1.54) is 11.8 Å². The number of anilines is 1. The monoisotopic (exact) mass is 324 g/mol. The number of nitrogens with one attached hydrogen (secondary N) is 2. The average Bonchev–Trinajstić information content (AvgIpc) is 2.85. The van der Waals surface area contributed by atoms with Gasteiger partial charge < -0.3 is 20.4 Å². The minimum Gasteiger partial charge on any atom is -0.493 e. The molecule has 1 aromatic heterocycles. The molecule has 0 radical (unpaired) electrons. The molecule has 0 unspecified atom stereocenters. The summed E-state index contributed by atoms with van der Waals surface area (Å²) >= 11 is 4.88. The Morgan fingerprint density at radius 3 is 3.00 bits per heavy atom. The average molecular weight is 324 g/mol. The third-order valence-electron chi connectivity index (χ3n) is 2.62. The number of nitrogens with two attached hydrogens (primary N) is 1. The molecule has 0 aliphatic heterocycles. The lowest BCUT2D eigenvalue weighted by atomic mass is 10.2. The lowest BCUT2D eigenvalue weighted by molar-refractivity contribution is 0.196. The molecule has 0 saturated carbocycles. The maximum absolute atomic E-state index is 8.77. The van der Waals surface area contributed by atoms with Gasteiger partial charge in [-0.1, -0.05) is 0 Å². The van der Waals surface area contributed by atoms with Gasteiger partial charge in [0.2, 0.25) is 4.77 Å². The number of aromatic amines is 1. The van der Waals surface area contributed by atoms with Gasteiger partial charge in [-0.05, 0) is 36.0 Å². The maximum Gasteiger partial charge on any atom is 0.262 e. The van der Waals surface area contributed by atoms with E-state index in [0.29, 0.717) is 11.5 Å². The molecule has 22 heavy (non-hydrogen) atoms. The van der Waals surface area contributed by atoms with Crippen molar-refractivity contribution in [2.45, 2.75) is 0 Å². The molecule has 118 valence electrons. The predicted molar refractivity (Wildman–Crippen MR) is 84.4 cm³/mol. The van der Waals surface area contributed by atoms with E-state index in [9.17, 15) is 0 Å². The van der Waals surface area contributed by atoms with Gasteiger partial charge in [0, 0.05) is 0 Å². The minimum atomic E-state index is -0.0656. The summed E-state index contributed by atoms with van der Waals surface area (Å²) in [6.07, 6.45) is 1.57. The number of hydrazone groups is 1. The van der Waals surface area contributed by atoms with Crippen LogP contribution < -0.4 is 20.7 Å². The topological polar surface area (TPSA) is 123 Å². The molecule has 0 aliphatic rings. The van der Waals surface area contributed by atoms with Crippen molar-refractivity contribution in [1.29, 1.82) is 0 Å². The van der Waals surface area contributed by atoms with Gasteiger partial charge in [0.05, 0.1) is 19.9 Å². The highest BCUT2D eigenvalue weighted by Crippen LogP contribution is 2.27. The van der Waals surface area contributed by atoms with E-state index in [0.717, 1.165) is 5.56 Å². The van der Waals surface area contributed by atoms with Crippen LogP contribution in [-0.4, -0.2) is 46.5 Å². The Balaban J connectivity index is 2.07. The first-order valence-corrected chi connectivity index (χ1v) is 6.69. The number of aromatic nitrogens is 3. The first-order chi connectivity index (χ1) is 10.7. The van der Waals surface area contributed by atoms with E-state index in [2.05, 4.69) is 20.7 Å². The van der Waals surface area contributed by atoms with Gasteiger partial charge in [-0.15, -0.1) is 5.10 Å². The fraction of sp³-hybridized carbons (Fsp3) is 0.250. The van der Waals surface area contributed by atoms with Crippen LogP contribution in [0.25, 0.3) is 0 Å². The number of rotatable bonds is 7. The van der Waals surface area contributed by atoms with Crippen LogP contribution in [0.4, 0.5) is 5.95 Å². The highest BCUT2D eigenvalue weighted by atomic mass is 32.1. The summed E-state index contributed by atoms with van der Waals surface area (Å²) in [4.78, 5) is 0. The molecule has 0 bridgehead atoms. The molecule has 2 aromatic rings. The Hall–Kier alpha value is -2.59. The minimum absolute atomic E-state index is 0.0656.